The Bertz CT molecular complexity index is 1230. The lowest BCUT2D eigenvalue weighted by atomic mass is 10.0. The number of para-hydroxylation sites is 3. The van der Waals surface area contributed by atoms with Gasteiger partial charge in [0.25, 0.3) is 5.56 Å². The number of aromatic nitrogens is 2. The molecule has 0 radical (unpaired) electrons. The van der Waals surface area contributed by atoms with Crippen LogP contribution in [0.2, 0.25) is 0 Å². The van der Waals surface area contributed by atoms with Crippen molar-refractivity contribution in [1.82, 2.24) is 14.9 Å². The summed E-state index contributed by atoms with van der Waals surface area (Å²) >= 11 is 0. The zero-order valence-electron chi connectivity index (χ0n) is 19.2. The largest absolute Gasteiger partial charge is 0.356 e. The first kappa shape index (κ1) is 22.7. The van der Waals surface area contributed by atoms with Crippen LogP contribution in [0.25, 0.3) is 11.0 Å². The molecule has 33 heavy (non-hydrogen) atoms. The van der Waals surface area contributed by atoms with Crippen molar-refractivity contribution in [2.45, 2.75) is 46.1 Å². The van der Waals surface area contributed by atoms with E-state index in [9.17, 15) is 14.4 Å². The van der Waals surface area contributed by atoms with Crippen molar-refractivity contribution in [1.29, 1.82) is 0 Å². The Balaban J connectivity index is 1.61. The van der Waals surface area contributed by atoms with Crippen molar-refractivity contribution < 1.29 is 9.59 Å². The lowest BCUT2D eigenvalue weighted by Crippen LogP contribution is -2.40. The van der Waals surface area contributed by atoms with E-state index in [2.05, 4.69) is 10.3 Å². The van der Waals surface area contributed by atoms with Crippen molar-refractivity contribution >= 4 is 28.5 Å². The molecule has 172 valence electrons. The Hall–Kier alpha value is -3.48. The lowest BCUT2D eigenvalue weighted by molar-refractivity contribution is -0.121. The van der Waals surface area contributed by atoms with E-state index in [1.165, 1.54) is 4.57 Å². The molecule has 1 aromatic heterocycles. The van der Waals surface area contributed by atoms with E-state index in [1.54, 1.807) is 11.0 Å². The SMILES string of the molecule is CC(C)CNC(=O)CCc1nc2ccccc2n(CC(=O)N2CCCc3ccccc32)c1=O. The zero-order valence-corrected chi connectivity index (χ0v) is 19.2. The van der Waals surface area contributed by atoms with Gasteiger partial charge in [0.1, 0.15) is 12.2 Å². The standard InChI is InChI=1S/C26H30N4O3/c1-18(2)16-27-24(31)14-13-21-26(33)30(23-12-6-4-10-20(23)28-21)17-25(32)29-15-7-9-19-8-3-5-11-22(19)29/h3-6,8,10-12,18H,7,9,13-17H2,1-2H3,(H,27,31). The Kier molecular flexibility index (Phi) is 6.87. The molecule has 3 aromatic rings. The molecule has 1 aliphatic heterocycles. The van der Waals surface area contributed by atoms with E-state index < -0.39 is 0 Å². The Labute approximate surface area is 193 Å². The molecule has 2 amide bonds. The van der Waals surface area contributed by atoms with Crippen LogP contribution in [0.3, 0.4) is 0 Å². The number of carbonyl (C=O) groups excluding carboxylic acids is 2. The number of amides is 2. The second-order valence-corrected chi connectivity index (χ2v) is 8.91. The van der Waals surface area contributed by atoms with Gasteiger partial charge in [0.2, 0.25) is 11.8 Å². The predicted octanol–water partition coefficient (Wildman–Crippen LogP) is 3.08. The van der Waals surface area contributed by atoms with Crippen molar-refractivity contribution in [3.63, 3.8) is 0 Å². The van der Waals surface area contributed by atoms with Gasteiger partial charge in [-0.3, -0.25) is 19.0 Å². The molecule has 1 N–H and O–H groups in total. The molecule has 4 rings (SSSR count). The number of hydrogen-bond donors (Lipinski definition) is 1. The summed E-state index contributed by atoms with van der Waals surface area (Å²) in [5.41, 5.74) is 3.32. The highest BCUT2D eigenvalue weighted by atomic mass is 16.2. The Morgan fingerprint density at radius 1 is 1.09 bits per heavy atom. The van der Waals surface area contributed by atoms with Crippen LogP contribution >= 0.6 is 0 Å². The Morgan fingerprint density at radius 2 is 1.85 bits per heavy atom. The van der Waals surface area contributed by atoms with Gasteiger partial charge in [0, 0.05) is 31.6 Å². The lowest BCUT2D eigenvalue weighted by Gasteiger charge is -2.29. The second kappa shape index (κ2) is 9.98. The molecule has 2 heterocycles. The van der Waals surface area contributed by atoms with Crippen LogP contribution in [0, 0.1) is 5.92 Å². The maximum absolute atomic E-state index is 13.3. The summed E-state index contributed by atoms with van der Waals surface area (Å²) in [6, 6.07) is 15.2. The molecule has 2 aromatic carbocycles. The van der Waals surface area contributed by atoms with Gasteiger partial charge in [-0.1, -0.05) is 44.2 Å². The minimum atomic E-state index is -0.316. The van der Waals surface area contributed by atoms with Gasteiger partial charge >= 0.3 is 0 Å². The van der Waals surface area contributed by atoms with Crippen molar-refractivity contribution in [3.05, 3.63) is 70.1 Å². The third kappa shape index (κ3) is 5.13. The van der Waals surface area contributed by atoms with E-state index in [0.29, 0.717) is 35.7 Å². The molecule has 0 saturated carbocycles. The normalized spacial score (nSPS) is 13.2. The highest BCUT2D eigenvalue weighted by Crippen LogP contribution is 2.27. The minimum absolute atomic E-state index is 0.0667. The first-order valence-corrected chi connectivity index (χ1v) is 11.6. The maximum Gasteiger partial charge on any atom is 0.273 e. The third-order valence-corrected chi connectivity index (χ3v) is 5.92. The van der Waals surface area contributed by atoms with Gasteiger partial charge in [-0.15, -0.1) is 0 Å². The number of anilines is 1. The monoisotopic (exact) mass is 446 g/mol. The molecule has 0 saturated heterocycles. The first-order valence-electron chi connectivity index (χ1n) is 11.6. The average molecular weight is 447 g/mol. The molecule has 0 fully saturated rings. The van der Waals surface area contributed by atoms with Gasteiger partial charge in [-0.25, -0.2) is 4.98 Å². The highest BCUT2D eigenvalue weighted by Gasteiger charge is 2.24. The molecule has 0 atom stereocenters. The number of hydrogen-bond acceptors (Lipinski definition) is 4. The van der Waals surface area contributed by atoms with Crippen LogP contribution in [0.1, 0.15) is 37.9 Å². The molecule has 0 spiro atoms. The van der Waals surface area contributed by atoms with Crippen molar-refractivity contribution in [2.75, 3.05) is 18.0 Å². The van der Waals surface area contributed by atoms with E-state index in [1.807, 2.05) is 56.3 Å². The van der Waals surface area contributed by atoms with Crippen LogP contribution < -0.4 is 15.8 Å². The summed E-state index contributed by atoms with van der Waals surface area (Å²) in [7, 11) is 0. The number of carbonyl (C=O) groups is 2. The highest BCUT2D eigenvalue weighted by molar-refractivity contribution is 5.95. The molecule has 0 unspecified atom stereocenters. The molecule has 7 heteroatoms. The van der Waals surface area contributed by atoms with E-state index >= 15 is 0 Å². The van der Waals surface area contributed by atoms with Crippen LogP contribution in [0.5, 0.6) is 0 Å². The summed E-state index contributed by atoms with van der Waals surface area (Å²) in [5.74, 6) is 0.128. The van der Waals surface area contributed by atoms with Crippen LogP contribution in [-0.4, -0.2) is 34.5 Å². The number of rotatable bonds is 7. The third-order valence-electron chi connectivity index (χ3n) is 5.92. The van der Waals surface area contributed by atoms with Gasteiger partial charge in [-0.05, 0) is 42.5 Å². The quantitative estimate of drug-likeness (QED) is 0.605. The molecular weight excluding hydrogens is 416 g/mol. The molecule has 0 bridgehead atoms. The minimum Gasteiger partial charge on any atom is -0.356 e. The fourth-order valence-electron chi connectivity index (χ4n) is 4.22. The number of benzene rings is 2. The summed E-state index contributed by atoms with van der Waals surface area (Å²) in [6.45, 7) is 5.22. The van der Waals surface area contributed by atoms with Gasteiger partial charge in [0.15, 0.2) is 0 Å². The number of aryl methyl sites for hydroxylation is 2. The number of nitrogens with one attached hydrogen (secondary N) is 1. The topological polar surface area (TPSA) is 84.3 Å². The average Bonchev–Trinajstić information content (AvgIpc) is 2.82. The molecule has 0 aliphatic carbocycles. The fourth-order valence-corrected chi connectivity index (χ4v) is 4.22. The second-order valence-electron chi connectivity index (χ2n) is 8.91. The van der Waals surface area contributed by atoms with Crippen molar-refractivity contribution in [3.8, 4) is 0 Å². The smallest absolute Gasteiger partial charge is 0.273 e. The van der Waals surface area contributed by atoms with Crippen LogP contribution in [0.4, 0.5) is 5.69 Å². The summed E-state index contributed by atoms with van der Waals surface area (Å²) in [6.07, 6.45) is 2.25. The van der Waals surface area contributed by atoms with Crippen molar-refractivity contribution in [2.24, 2.45) is 5.92 Å². The number of nitrogens with zero attached hydrogens (tertiary/aromatic N) is 3. The molecule has 7 nitrogen and oxygen atoms in total. The summed E-state index contributed by atoms with van der Waals surface area (Å²) in [4.78, 5) is 45.1. The maximum atomic E-state index is 13.3. The molecule has 1 aliphatic rings. The predicted molar refractivity (Wildman–Crippen MR) is 129 cm³/mol. The van der Waals surface area contributed by atoms with Crippen LogP contribution in [0.15, 0.2) is 53.3 Å². The zero-order chi connectivity index (χ0) is 23.4. The van der Waals surface area contributed by atoms with Gasteiger partial charge in [0.05, 0.1) is 11.0 Å². The van der Waals surface area contributed by atoms with E-state index in [-0.39, 0.29) is 36.8 Å². The summed E-state index contributed by atoms with van der Waals surface area (Å²) in [5, 5.41) is 2.87. The number of fused-ring (bicyclic) bond motifs is 2. The van der Waals surface area contributed by atoms with E-state index in [4.69, 9.17) is 0 Å². The Morgan fingerprint density at radius 3 is 2.67 bits per heavy atom. The van der Waals surface area contributed by atoms with Crippen LogP contribution in [-0.2, 0) is 29.0 Å². The fraction of sp³-hybridized carbons (Fsp3) is 0.385. The van der Waals surface area contributed by atoms with Gasteiger partial charge < -0.3 is 10.2 Å². The van der Waals surface area contributed by atoms with E-state index in [0.717, 1.165) is 24.1 Å². The summed E-state index contributed by atoms with van der Waals surface area (Å²) < 4.78 is 1.50. The van der Waals surface area contributed by atoms with Gasteiger partial charge in [-0.2, -0.15) is 0 Å². The first-order chi connectivity index (χ1) is 15.9. The molecular formula is C26H30N4O3.